The first-order valence-corrected chi connectivity index (χ1v) is 9.00. The SMILES string of the molecule is NS(=O)(=O)c1ccc(S(=O)(=O)Nc2cccc(Cl)c2)cc1. The van der Waals surface area contributed by atoms with Crippen LogP contribution in [0.3, 0.4) is 0 Å². The summed E-state index contributed by atoms with van der Waals surface area (Å²) in [6.45, 7) is 0. The first-order valence-electron chi connectivity index (χ1n) is 5.60. The highest BCUT2D eigenvalue weighted by atomic mass is 35.5. The molecule has 0 amide bonds. The van der Waals surface area contributed by atoms with Crippen molar-refractivity contribution in [2.45, 2.75) is 9.79 Å². The molecule has 3 N–H and O–H groups in total. The fourth-order valence-corrected chi connectivity index (χ4v) is 3.33. The topological polar surface area (TPSA) is 106 Å². The van der Waals surface area contributed by atoms with Gasteiger partial charge >= 0.3 is 0 Å². The Morgan fingerprint density at radius 3 is 2.00 bits per heavy atom. The van der Waals surface area contributed by atoms with Gasteiger partial charge in [0, 0.05) is 5.02 Å². The second kappa shape index (κ2) is 5.64. The van der Waals surface area contributed by atoms with E-state index in [1.807, 2.05) is 0 Å². The van der Waals surface area contributed by atoms with Crippen LogP contribution in [0, 0.1) is 0 Å². The number of nitrogens with one attached hydrogen (secondary N) is 1. The summed E-state index contributed by atoms with van der Waals surface area (Å²) in [5.41, 5.74) is 0.304. The number of sulfonamides is 2. The number of benzene rings is 2. The standard InChI is InChI=1S/C12H11ClN2O4S2/c13-9-2-1-3-10(8-9)15-21(18,19)12-6-4-11(5-7-12)20(14,16)17/h1-8,15H,(H2,14,16,17). The van der Waals surface area contributed by atoms with E-state index in [4.69, 9.17) is 16.7 Å². The summed E-state index contributed by atoms with van der Waals surface area (Å²) >= 11 is 5.78. The average molecular weight is 347 g/mol. The number of hydrogen-bond acceptors (Lipinski definition) is 4. The van der Waals surface area contributed by atoms with Crippen LogP contribution < -0.4 is 9.86 Å². The zero-order valence-corrected chi connectivity index (χ0v) is 12.9. The van der Waals surface area contributed by atoms with Crippen molar-refractivity contribution in [3.05, 3.63) is 53.6 Å². The summed E-state index contributed by atoms with van der Waals surface area (Å²) in [6.07, 6.45) is 0. The number of halogens is 1. The van der Waals surface area contributed by atoms with Gasteiger partial charge in [-0.3, -0.25) is 4.72 Å². The number of nitrogens with two attached hydrogens (primary N) is 1. The monoisotopic (exact) mass is 346 g/mol. The Hall–Kier alpha value is -1.61. The predicted molar refractivity (Wildman–Crippen MR) is 80.1 cm³/mol. The van der Waals surface area contributed by atoms with Crippen LogP contribution >= 0.6 is 11.6 Å². The number of rotatable bonds is 4. The second-order valence-electron chi connectivity index (χ2n) is 4.13. The quantitative estimate of drug-likeness (QED) is 0.880. The number of primary sulfonamides is 1. The molecule has 0 heterocycles. The Labute approximate surface area is 127 Å². The molecule has 2 aromatic rings. The van der Waals surface area contributed by atoms with Gasteiger partial charge in [0.2, 0.25) is 10.0 Å². The van der Waals surface area contributed by atoms with E-state index in [0.29, 0.717) is 10.7 Å². The molecule has 0 bridgehead atoms. The third-order valence-corrected chi connectivity index (χ3v) is 5.10. The van der Waals surface area contributed by atoms with Gasteiger partial charge in [-0.15, -0.1) is 0 Å². The molecular weight excluding hydrogens is 336 g/mol. The molecule has 0 saturated carbocycles. The molecule has 0 saturated heterocycles. The van der Waals surface area contributed by atoms with Crippen LogP contribution in [0.4, 0.5) is 5.69 Å². The minimum absolute atomic E-state index is 0.0881. The highest BCUT2D eigenvalue weighted by Gasteiger charge is 2.16. The Balaban J connectivity index is 2.32. The zero-order valence-electron chi connectivity index (χ0n) is 10.5. The fourth-order valence-electron chi connectivity index (χ4n) is 1.57. The van der Waals surface area contributed by atoms with Gasteiger partial charge in [0.15, 0.2) is 0 Å². The van der Waals surface area contributed by atoms with Crippen molar-refractivity contribution in [1.29, 1.82) is 0 Å². The minimum atomic E-state index is -3.86. The van der Waals surface area contributed by atoms with Gasteiger partial charge < -0.3 is 0 Å². The molecule has 0 radical (unpaired) electrons. The van der Waals surface area contributed by atoms with Crippen molar-refractivity contribution in [3.63, 3.8) is 0 Å². The molecule has 112 valence electrons. The van der Waals surface area contributed by atoms with E-state index in [0.717, 1.165) is 24.3 Å². The molecule has 0 fully saturated rings. The lowest BCUT2D eigenvalue weighted by atomic mass is 10.3. The van der Waals surface area contributed by atoms with E-state index in [9.17, 15) is 16.8 Å². The molecule has 0 unspecified atom stereocenters. The van der Waals surface area contributed by atoms with E-state index >= 15 is 0 Å². The summed E-state index contributed by atoms with van der Waals surface area (Å²) in [7, 11) is -7.70. The third kappa shape index (κ3) is 3.94. The number of hydrogen-bond donors (Lipinski definition) is 2. The van der Waals surface area contributed by atoms with Crippen LogP contribution in [-0.4, -0.2) is 16.8 Å². The van der Waals surface area contributed by atoms with Crippen molar-refractivity contribution in [1.82, 2.24) is 0 Å². The second-order valence-corrected chi connectivity index (χ2v) is 7.81. The van der Waals surface area contributed by atoms with Crippen LogP contribution in [0.25, 0.3) is 0 Å². The summed E-state index contributed by atoms with van der Waals surface area (Å²) in [5.74, 6) is 0. The highest BCUT2D eigenvalue weighted by Crippen LogP contribution is 2.20. The average Bonchev–Trinajstić information content (AvgIpc) is 2.37. The molecule has 21 heavy (non-hydrogen) atoms. The first kappa shape index (κ1) is 15.8. The summed E-state index contributed by atoms with van der Waals surface area (Å²) in [5, 5.41) is 5.34. The van der Waals surface area contributed by atoms with Gasteiger partial charge in [-0.1, -0.05) is 17.7 Å². The van der Waals surface area contributed by atoms with Crippen LogP contribution in [0.1, 0.15) is 0 Å². The molecule has 2 aromatic carbocycles. The molecule has 6 nitrogen and oxygen atoms in total. The van der Waals surface area contributed by atoms with Crippen LogP contribution in [-0.2, 0) is 20.0 Å². The first-order chi connectivity index (χ1) is 9.68. The van der Waals surface area contributed by atoms with Crippen LogP contribution in [0.5, 0.6) is 0 Å². The van der Waals surface area contributed by atoms with Crippen molar-refractivity contribution >= 4 is 37.3 Å². The maximum absolute atomic E-state index is 12.1. The Morgan fingerprint density at radius 1 is 0.905 bits per heavy atom. The molecule has 0 atom stereocenters. The highest BCUT2D eigenvalue weighted by molar-refractivity contribution is 7.92. The lowest BCUT2D eigenvalue weighted by Gasteiger charge is -2.08. The van der Waals surface area contributed by atoms with Gasteiger partial charge in [0.1, 0.15) is 0 Å². The summed E-state index contributed by atoms with van der Waals surface area (Å²) < 4.78 is 48.9. The molecule has 0 spiro atoms. The molecule has 0 aliphatic heterocycles. The number of anilines is 1. The Bertz CT molecular complexity index is 862. The lowest BCUT2D eigenvalue weighted by Crippen LogP contribution is -2.15. The maximum atomic E-state index is 12.1. The van der Waals surface area contributed by atoms with Crippen molar-refractivity contribution in [2.24, 2.45) is 5.14 Å². The van der Waals surface area contributed by atoms with Gasteiger partial charge in [0.25, 0.3) is 10.0 Å². The molecule has 0 aliphatic carbocycles. The van der Waals surface area contributed by atoms with Gasteiger partial charge in [-0.2, -0.15) is 0 Å². The summed E-state index contributed by atoms with van der Waals surface area (Å²) in [6, 6.07) is 10.8. The smallest absolute Gasteiger partial charge is 0.261 e. The van der Waals surface area contributed by atoms with E-state index in [1.165, 1.54) is 6.07 Å². The van der Waals surface area contributed by atoms with E-state index in [2.05, 4.69) is 4.72 Å². The fraction of sp³-hybridized carbons (Fsp3) is 0. The zero-order chi connectivity index (χ0) is 15.7. The molecule has 9 heteroatoms. The minimum Gasteiger partial charge on any atom is -0.280 e. The lowest BCUT2D eigenvalue weighted by molar-refractivity contribution is 0.595. The molecule has 2 rings (SSSR count). The van der Waals surface area contributed by atoms with Crippen LogP contribution in [0.2, 0.25) is 5.02 Å². The van der Waals surface area contributed by atoms with Crippen LogP contribution in [0.15, 0.2) is 58.3 Å². The Morgan fingerprint density at radius 2 is 1.48 bits per heavy atom. The normalized spacial score (nSPS) is 12.1. The summed E-state index contributed by atoms with van der Waals surface area (Å²) in [4.78, 5) is -0.251. The van der Waals surface area contributed by atoms with E-state index in [-0.39, 0.29) is 9.79 Å². The largest absolute Gasteiger partial charge is 0.280 e. The third-order valence-electron chi connectivity index (χ3n) is 2.54. The van der Waals surface area contributed by atoms with Gasteiger partial charge in [-0.25, -0.2) is 22.0 Å². The predicted octanol–water partition coefficient (Wildman–Crippen LogP) is 1.79. The molecule has 0 aromatic heterocycles. The van der Waals surface area contributed by atoms with Crippen molar-refractivity contribution < 1.29 is 16.8 Å². The maximum Gasteiger partial charge on any atom is 0.261 e. The van der Waals surface area contributed by atoms with E-state index in [1.54, 1.807) is 18.2 Å². The van der Waals surface area contributed by atoms with Crippen molar-refractivity contribution in [2.75, 3.05) is 4.72 Å². The Kier molecular flexibility index (Phi) is 4.24. The van der Waals surface area contributed by atoms with Gasteiger partial charge in [0.05, 0.1) is 15.5 Å². The van der Waals surface area contributed by atoms with E-state index < -0.39 is 20.0 Å². The van der Waals surface area contributed by atoms with Gasteiger partial charge in [-0.05, 0) is 42.5 Å². The van der Waals surface area contributed by atoms with Crippen molar-refractivity contribution in [3.8, 4) is 0 Å². The molecule has 0 aliphatic rings. The molecular formula is C12H11ClN2O4S2.